The van der Waals surface area contributed by atoms with Gasteiger partial charge in [-0.05, 0) is 45.7 Å². The monoisotopic (exact) mass is 306 g/mol. The molecule has 0 saturated carbocycles. The summed E-state index contributed by atoms with van der Waals surface area (Å²) in [5.74, 6) is 0. The second-order valence-electron chi connectivity index (χ2n) is 6.43. The van der Waals surface area contributed by atoms with Crippen molar-refractivity contribution in [3.05, 3.63) is 29.8 Å². The van der Waals surface area contributed by atoms with Gasteiger partial charge in [0.2, 0.25) is 0 Å². The van der Waals surface area contributed by atoms with Gasteiger partial charge in [-0.3, -0.25) is 0 Å². The first-order valence-corrected chi connectivity index (χ1v) is 8.17. The van der Waals surface area contributed by atoms with E-state index in [9.17, 15) is 4.79 Å². The highest BCUT2D eigenvalue weighted by atomic mass is 16.6. The number of carbonyl (C=O) groups excluding carboxylic acids is 1. The van der Waals surface area contributed by atoms with Crippen LogP contribution in [-0.2, 0) is 11.3 Å². The molecule has 0 aliphatic rings. The fourth-order valence-electron chi connectivity index (χ4n) is 2.07. The van der Waals surface area contributed by atoms with E-state index in [1.807, 2.05) is 39.8 Å². The van der Waals surface area contributed by atoms with Crippen molar-refractivity contribution in [1.82, 2.24) is 4.90 Å². The molecule has 4 nitrogen and oxygen atoms in total. The van der Waals surface area contributed by atoms with E-state index >= 15 is 0 Å². The maximum atomic E-state index is 12.2. The average Bonchev–Trinajstić information content (AvgIpc) is 2.44. The number of ether oxygens (including phenoxy) is 1. The van der Waals surface area contributed by atoms with Gasteiger partial charge in [-0.2, -0.15) is 0 Å². The average molecular weight is 306 g/mol. The van der Waals surface area contributed by atoms with Gasteiger partial charge in [-0.15, -0.1) is 0 Å². The molecule has 0 radical (unpaired) electrons. The molecule has 0 saturated heterocycles. The Morgan fingerprint density at radius 1 is 1.23 bits per heavy atom. The Kier molecular flexibility index (Phi) is 7.22. The molecule has 0 unspecified atom stereocenters. The van der Waals surface area contributed by atoms with Gasteiger partial charge in [-0.25, -0.2) is 4.79 Å². The predicted octanol–water partition coefficient (Wildman–Crippen LogP) is 4.66. The zero-order valence-corrected chi connectivity index (χ0v) is 14.6. The standard InChI is InChI=1S/C18H30N2O2/c1-6-8-13-19-16-12-10-9-11-15(16)14-20(7-2)17(21)22-18(3,4)5/h9-12,19H,6-8,13-14H2,1-5H3. The van der Waals surface area contributed by atoms with Crippen molar-refractivity contribution in [2.24, 2.45) is 0 Å². The molecular weight excluding hydrogens is 276 g/mol. The second kappa shape index (κ2) is 8.66. The number of unbranched alkanes of at least 4 members (excludes halogenated alkanes) is 1. The molecule has 0 aliphatic heterocycles. The van der Waals surface area contributed by atoms with Crippen molar-refractivity contribution >= 4 is 11.8 Å². The van der Waals surface area contributed by atoms with Crippen LogP contribution in [0.2, 0.25) is 0 Å². The first-order valence-electron chi connectivity index (χ1n) is 8.17. The van der Waals surface area contributed by atoms with E-state index in [4.69, 9.17) is 4.74 Å². The number of amides is 1. The van der Waals surface area contributed by atoms with Gasteiger partial charge in [-0.1, -0.05) is 31.5 Å². The number of nitrogens with zero attached hydrogens (tertiary/aromatic N) is 1. The molecule has 4 heteroatoms. The minimum atomic E-state index is -0.469. The topological polar surface area (TPSA) is 41.6 Å². The molecule has 0 aromatic heterocycles. The largest absolute Gasteiger partial charge is 0.444 e. The molecule has 124 valence electrons. The normalized spacial score (nSPS) is 11.1. The van der Waals surface area contributed by atoms with Crippen LogP contribution in [0.25, 0.3) is 0 Å². The summed E-state index contributed by atoms with van der Waals surface area (Å²) in [4.78, 5) is 14.0. The van der Waals surface area contributed by atoms with Crippen LogP contribution in [0.3, 0.4) is 0 Å². The summed E-state index contributed by atoms with van der Waals surface area (Å²) < 4.78 is 5.47. The van der Waals surface area contributed by atoms with Crippen LogP contribution in [0.1, 0.15) is 53.0 Å². The van der Waals surface area contributed by atoms with Crippen LogP contribution in [0.4, 0.5) is 10.5 Å². The fourth-order valence-corrected chi connectivity index (χ4v) is 2.07. The smallest absolute Gasteiger partial charge is 0.410 e. The lowest BCUT2D eigenvalue weighted by Gasteiger charge is -2.27. The number of carbonyl (C=O) groups is 1. The minimum Gasteiger partial charge on any atom is -0.444 e. The Balaban J connectivity index is 2.76. The van der Waals surface area contributed by atoms with Gasteiger partial charge in [0.1, 0.15) is 5.60 Å². The van der Waals surface area contributed by atoms with E-state index in [2.05, 4.69) is 24.4 Å². The summed E-state index contributed by atoms with van der Waals surface area (Å²) >= 11 is 0. The zero-order chi connectivity index (χ0) is 16.6. The zero-order valence-electron chi connectivity index (χ0n) is 14.6. The van der Waals surface area contributed by atoms with Crippen LogP contribution >= 0.6 is 0 Å². The number of benzene rings is 1. The lowest BCUT2D eigenvalue weighted by atomic mass is 10.1. The molecule has 0 spiro atoms. The van der Waals surface area contributed by atoms with Crippen LogP contribution in [0.15, 0.2) is 24.3 Å². The van der Waals surface area contributed by atoms with Crippen molar-refractivity contribution in [3.63, 3.8) is 0 Å². The molecule has 1 aromatic rings. The molecule has 0 aliphatic carbocycles. The van der Waals surface area contributed by atoms with Crippen LogP contribution < -0.4 is 5.32 Å². The number of para-hydroxylation sites is 1. The highest BCUT2D eigenvalue weighted by Gasteiger charge is 2.21. The SMILES string of the molecule is CCCCNc1ccccc1CN(CC)C(=O)OC(C)(C)C. The number of hydrogen-bond donors (Lipinski definition) is 1. The van der Waals surface area contributed by atoms with Gasteiger partial charge >= 0.3 is 6.09 Å². The summed E-state index contributed by atoms with van der Waals surface area (Å²) in [6.45, 7) is 11.9. The van der Waals surface area contributed by atoms with Crippen molar-refractivity contribution in [3.8, 4) is 0 Å². The van der Waals surface area contributed by atoms with Gasteiger partial charge in [0.25, 0.3) is 0 Å². The summed E-state index contributed by atoms with van der Waals surface area (Å²) in [5, 5.41) is 3.45. The summed E-state index contributed by atoms with van der Waals surface area (Å²) in [6, 6.07) is 8.14. The quantitative estimate of drug-likeness (QED) is 0.745. The van der Waals surface area contributed by atoms with E-state index in [1.54, 1.807) is 4.90 Å². The summed E-state index contributed by atoms with van der Waals surface area (Å²) in [6.07, 6.45) is 2.03. The second-order valence-corrected chi connectivity index (χ2v) is 6.43. The van der Waals surface area contributed by atoms with Crippen LogP contribution in [0.5, 0.6) is 0 Å². The first-order chi connectivity index (χ1) is 10.4. The van der Waals surface area contributed by atoms with Gasteiger partial charge in [0.05, 0.1) is 6.54 Å². The molecule has 1 rings (SSSR count). The van der Waals surface area contributed by atoms with E-state index in [-0.39, 0.29) is 6.09 Å². The predicted molar refractivity (Wildman–Crippen MR) is 92.2 cm³/mol. The highest BCUT2D eigenvalue weighted by molar-refractivity contribution is 5.68. The molecule has 0 heterocycles. The van der Waals surface area contributed by atoms with Crippen molar-refractivity contribution < 1.29 is 9.53 Å². The molecular formula is C18H30N2O2. The number of rotatable bonds is 7. The molecule has 0 fully saturated rings. The van der Waals surface area contributed by atoms with Crippen molar-refractivity contribution in [2.75, 3.05) is 18.4 Å². The molecule has 0 bridgehead atoms. The van der Waals surface area contributed by atoms with E-state index < -0.39 is 5.60 Å². The van der Waals surface area contributed by atoms with Crippen molar-refractivity contribution in [1.29, 1.82) is 0 Å². The van der Waals surface area contributed by atoms with Crippen LogP contribution in [0, 0.1) is 0 Å². The molecule has 1 N–H and O–H groups in total. The Bertz CT molecular complexity index is 466. The maximum Gasteiger partial charge on any atom is 0.410 e. The Morgan fingerprint density at radius 2 is 1.91 bits per heavy atom. The number of hydrogen-bond acceptors (Lipinski definition) is 3. The van der Waals surface area contributed by atoms with Crippen molar-refractivity contribution in [2.45, 2.75) is 59.6 Å². The lowest BCUT2D eigenvalue weighted by molar-refractivity contribution is 0.0245. The minimum absolute atomic E-state index is 0.265. The summed E-state index contributed by atoms with van der Waals surface area (Å²) in [7, 11) is 0. The van der Waals surface area contributed by atoms with Gasteiger partial charge < -0.3 is 15.0 Å². The van der Waals surface area contributed by atoms with E-state index in [1.165, 1.54) is 0 Å². The van der Waals surface area contributed by atoms with E-state index in [0.717, 1.165) is 30.6 Å². The number of nitrogens with one attached hydrogen (secondary N) is 1. The first kappa shape index (κ1) is 18.3. The molecule has 1 aromatic carbocycles. The maximum absolute atomic E-state index is 12.2. The Labute approximate surface area is 134 Å². The van der Waals surface area contributed by atoms with Gasteiger partial charge in [0, 0.05) is 18.8 Å². The Morgan fingerprint density at radius 3 is 2.50 bits per heavy atom. The third-order valence-electron chi connectivity index (χ3n) is 3.26. The number of anilines is 1. The van der Waals surface area contributed by atoms with Crippen LogP contribution in [-0.4, -0.2) is 29.7 Å². The fraction of sp³-hybridized carbons (Fsp3) is 0.611. The lowest BCUT2D eigenvalue weighted by Crippen LogP contribution is -2.36. The molecule has 1 amide bonds. The third kappa shape index (κ3) is 6.37. The highest BCUT2D eigenvalue weighted by Crippen LogP contribution is 2.19. The molecule has 22 heavy (non-hydrogen) atoms. The summed E-state index contributed by atoms with van der Waals surface area (Å²) in [5.41, 5.74) is 1.74. The van der Waals surface area contributed by atoms with Gasteiger partial charge in [0.15, 0.2) is 0 Å². The Hall–Kier alpha value is -1.71. The third-order valence-corrected chi connectivity index (χ3v) is 3.26. The van der Waals surface area contributed by atoms with E-state index in [0.29, 0.717) is 13.1 Å². The molecule has 0 atom stereocenters.